The Morgan fingerprint density at radius 1 is 1.42 bits per heavy atom. The maximum atomic E-state index is 13.6. The average molecular weight is 269 g/mol. The van der Waals surface area contributed by atoms with Crippen molar-refractivity contribution in [2.75, 3.05) is 27.3 Å². The third-order valence-electron chi connectivity index (χ3n) is 3.56. The van der Waals surface area contributed by atoms with E-state index >= 15 is 0 Å². The lowest BCUT2D eigenvalue weighted by molar-refractivity contribution is 0.0929. The number of nitrogens with zero attached hydrogens (tertiary/aromatic N) is 1. The Bertz CT molecular complexity index is 405. The maximum absolute atomic E-state index is 13.6. The molecule has 0 bridgehead atoms. The van der Waals surface area contributed by atoms with Crippen LogP contribution < -0.4 is 4.74 Å². The fourth-order valence-corrected chi connectivity index (χ4v) is 2.10. The molecule has 1 aromatic rings. The van der Waals surface area contributed by atoms with Crippen molar-refractivity contribution in [1.82, 2.24) is 4.90 Å². The second-order valence-corrected chi connectivity index (χ2v) is 5.46. The molecule has 0 aromatic heterocycles. The maximum Gasteiger partial charge on any atom is 0.165 e. The van der Waals surface area contributed by atoms with Gasteiger partial charge in [-0.1, -0.05) is 19.9 Å². The van der Waals surface area contributed by atoms with Crippen LogP contribution in [0.1, 0.15) is 25.8 Å². The zero-order chi connectivity index (χ0) is 14.5. The molecule has 0 aliphatic heterocycles. The lowest BCUT2D eigenvalue weighted by Crippen LogP contribution is -2.35. The number of methoxy groups -OCH3 is 1. The van der Waals surface area contributed by atoms with E-state index in [4.69, 9.17) is 4.74 Å². The van der Waals surface area contributed by atoms with Crippen LogP contribution in [-0.2, 0) is 6.54 Å². The molecule has 0 radical (unpaired) electrons. The summed E-state index contributed by atoms with van der Waals surface area (Å²) in [7, 11) is 3.43. The number of ether oxygens (including phenoxy) is 1. The summed E-state index contributed by atoms with van der Waals surface area (Å²) in [5.74, 6) is -0.0750. The average Bonchev–Trinajstić information content (AvgIpc) is 2.38. The molecule has 4 heteroatoms. The molecule has 0 amide bonds. The van der Waals surface area contributed by atoms with Gasteiger partial charge in [0.15, 0.2) is 11.6 Å². The number of aliphatic hydroxyl groups is 1. The van der Waals surface area contributed by atoms with Crippen LogP contribution in [0.4, 0.5) is 4.39 Å². The van der Waals surface area contributed by atoms with Gasteiger partial charge in [-0.3, -0.25) is 0 Å². The summed E-state index contributed by atoms with van der Waals surface area (Å²) < 4.78 is 18.5. The molecule has 1 aromatic carbocycles. The first-order valence-electron chi connectivity index (χ1n) is 6.56. The Kier molecular flexibility index (Phi) is 5.76. The Labute approximate surface area is 115 Å². The van der Waals surface area contributed by atoms with Gasteiger partial charge in [0.25, 0.3) is 0 Å². The van der Waals surface area contributed by atoms with Crippen LogP contribution in [0.25, 0.3) is 0 Å². The second-order valence-electron chi connectivity index (χ2n) is 5.46. The van der Waals surface area contributed by atoms with Gasteiger partial charge in [-0.05, 0) is 31.2 Å². The van der Waals surface area contributed by atoms with E-state index in [1.165, 1.54) is 13.2 Å². The summed E-state index contributed by atoms with van der Waals surface area (Å²) in [5.41, 5.74) is 0.789. The molecule has 0 spiro atoms. The van der Waals surface area contributed by atoms with Gasteiger partial charge in [0.05, 0.1) is 7.11 Å². The predicted molar refractivity (Wildman–Crippen MR) is 74.8 cm³/mol. The zero-order valence-corrected chi connectivity index (χ0v) is 12.2. The van der Waals surface area contributed by atoms with Crippen LogP contribution in [0.5, 0.6) is 5.75 Å². The monoisotopic (exact) mass is 269 g/mol. The van der Waals surface area contributed by atoms with Crippen LogP contribution in [0.2, 0.25) is 0 Å². The van der Waals surface area contributed by atoms with Gasteiger partial charge < -0.3 is 14.7 Å². The Hall–Kier alpha value is -1.13. The molecule has 108 valence electrons. The van der Waals surface area contributed by atoms with Crippen molar-refractivity contribution in [3.05, 3.63) is 29.6 Å². The minimum absolute atomic E-state index is 0.111. The number of hydrogen-bond acceptors (Lipinski definition) is 3. The molecular weight excluding hydrogens is 245 g/mol. The SMILES string of the molecule is CCC(C)(CO)CN(C)Cc1ccc(OC)c(F)c1. The van der Waals surface area contributed by atoms with Crippen molar-refractivity contribution >= 4 is 0 Å². The van der Waals surface area contributed by atoms with Crippen molar-refractivity contribution < 1.29 is 14.2 Å². The summed E-state index contributed by atoms with van der Waals surface area (Å²) in [5, 5.41) is 9.41. The molecule has 19 heavy (non-hydrogen) atoms. The number of rotatable bonds is 7. The zero-order valence-electron chi connectivity index (χ0n) is 12.2. The number of hydrogen-bond donors (Lipinski definition) is 1. The van der Waals surface area contributed by atoms with Crippen LogP contribution in [-0.4, -0.2) is 37.3 Å². The van der Waals surface area contributed by atoms with Gasteiger partial charge in [0, 0.05) is 25.1 Å². The van der Waals surface area contributed by atoms with E-state index in [1.54, 1.807) is 6.07 Å². The quantitative estimate of drug-likeness (QED) is 0.826. The normalized spacial score (nSPS) is 14.5. The molecule has 1 unspecified atom stereocenters. The first kappa shape index (κ1) is 15.9. The molecule has 0 saturated heterocycles. The minimum Gasteiger partial charge on any atom is -0.494 e. The molecule has 3 nitrogen and oxygen atoms in total. The van der Waals surface area contributed by atoms with E-state index in [1.807, 2.05) is 13.1 Å². The van der Waals surface area contributed by atoms with Gasteiger partial charge in [0.1, 0.15) is 0 Å². The largest absolute Gasteiger partial charge is 0.494 e. The van der Waals surface area contributed by atoms with Gasteiger partial charge in [0.2, 0.25) is 0 Å². The second kappa shape index (κ2) is 6.87. The van der Waals surface area contributed by atoms with Crippen molar-refractivity contribution in [1.29, 1.82) is 0 Å². The Balaban J connectivity index is 2.67. The first-order chi connectivity index (χ1) is 8.94. The minimum atomic E-state index is -0.339. The molecular formula is C15H24FNO2. The highest BCUT2D eigenvalue weighted by Crippen LogP contribution is 2.23. The van der Waals surface area contributed by atoms with E-state index in [0.29, 0.717) is 6.54 Å². The molecule has 0 heterocycles. The van der Waals surface area contributed by atoms with Gasteiger partial charge in [-0.2, -0.15) is 0 Å². The van der Waals surface area contributed by atoms with Crippen molar-refractivity contribution in [2.24, 2.45) is 5.41 Å². The van der Waals surface area contributed by atoms with Crippen molar-refractivity contribution in [2.45, 2.75) is 26.8 Å². The summed E-state index contributed by atoms with van der Waals surface area (Å²) >= 11 is 0. The third kappa shape index (κ3) is 4.48. The van der Waals surface area contributed by atoms with Gasteiger partial charge in [-0.25, -0.2) is 4.39 Å². The van der Waals surface area contributed by atoms with E-state index in [-0.39, 0.29) is 23.6 Å². The van der Waals surface area contributed by atoms with Crippen molar-refractivity contribution in [3.8, 4) is 5.75 Å². The van der Waals surface area contributed by atoms with Crippen LogP contribution >= 0.6 is 0 Å². The molecule has 0 saturated carbocycles. The van der Waals surface area contributed by atoms with E-state index in [9.17, 15) is 9.50 Å². The highest BCUT2D eigenvalue weighted by Gasteiger charge is 2.23. The molecule has 0 aliphatic carbocycles. The first-order valence-corrected chi connectivity index (χ1v) is 6.56. The van der Waals surface area contributed by atoms with Gasteiger partial charge >= 0.3 is 0 Å². The topological polar surface area (TPSA) is 32.7 Å². The van der Waals surface area contributed by atoms with Crippen LogP contribution in [0.15, 0.2) is 18.2 Å². The third-order valence-corrected chi connectivity index (χ3v) is 3.56. The number of benzene rings is 1. The summed E-state index contributed by atoms with van der Waals surface area (Å²) in [6.07, 6.45) is 0.908. The fraction of sp³-hybridized carbons (Fsp3) is 0.600. The fourth-order valence-electron chi connectivity index (χ4n) is 2.10. The van der Waals surface area contributed by atoms with Crippen LogP contribution in [0, 0.1) is 11.2 Å². The molecule has 1 N–H and O–H groups in total. The van der Waals surface area contributed by atoms with Crippen LogP contribution in [0.3, 0.4) is 0 Å². The Morgan fingerprint density at radius 2 is 2.11 bits per heavy atom. The molecule has 0 aliphatic rings. The molecule has 0 fully saturated rings. The Morgan fingerprint density at radius 3 is 2.58 bits per heavy atom. The van der Waals surface area contributed by atoms with Gasteiger partial charge in [-0.15, -0.1) is 0 Å². The number of aliphatic hydroxyl groups excluding tert-OH is 1. The summed E-state index contributed by atoms with van der Waals surface area (Å²) in [4.78, 5) is 2.10. The predicted octanol–water partition coefficient (Wildman–Crippen LogP) is 2.67. The lowest BCUT2D eigenvalue weighted by atomic mass is 9.88. The van der Waals surface area contributed by atoms with E-state index < -0.39 is 0 Å². The molecule has 1 rings (SSSR count). The number of halogens is 1. The lowest BCUT2D eigenvalue weighted by Gasteiger charge is -2.31. The smallest absolute Gasteiger partial charge is 0.165 e. The standard InChI is InChI=1S/C15H24FNO2/c1-5-15(2,11-18)10-17(3)9-12-6-7-14(19-4)13(16)8-12/h6-8,18H,5,9-11H2,1-4H3. The highest BCUT2D eigenvalue weighted by atomic mass is 19.1. The van der Waals surface area contributed by atoms with E-state index in [2.05, 4.69) is 18.7 Å². The van der Waals surface area contributed by atoms with Crippen molar-refractivity contribution in [3.63, 3.8) is 0 Å². The summed E-state index contributed by atoms with van der Waals surface area (Å²) in [6.45, 7) is 5.70. The molecule has 1 atom stereocenters. The van der Waals surface area contributed by atoms with E-state index in [0.717, 1.165) is 18.5 Å². The highest BCUT2D eigenvalue weighted by molar-refractivity contribution is 5.29. The summed E-state index contributed by atoms with van der Waals surface area (Å²) in [6, 6.07) is 5.00.